The first-order valence-electron chi connectivity index (χ1n) is 14.1. The third-order valence-corrected chi connectivity index (χ3v) is 9.08. The van der Waals surface area contributed by atoms with Gasteiger partial charge in [0.2, 0.25) is 0 Å². The van der Waals surface area contributed by atoms with Gasteiger partial charge < -0.3 is 4.52 Å². The number of phosphoric ester groups is 1. The standard InChI is InChI=1S/C30H53O4P/c1-21(2)12-9-13-22(3)14-10-15-23(4)16-11-18-30(8)19-17-27-26(7)29(34-35(31,32)33)25(6)24(5)28(27)20-30/h21-23H,9-20H2,1-8H3,(H2,31,32,33). The van der Waals surface area contributed by atoms with Crippen LogP contribution in [0.1, 0.15) is 127 Å². The molecule has 1 aromatic carbocycles. The Hall–Kier alpha value is -0.830. The Morgan fingerprint density at radius 2 is 1.37 bits per heavy atom. The molecule has 2 N–H and O–H groups in total. The molecular weight excluding hydrogens is 455 g/mol. The van der Waals surface area contributed by atoms with Gasteiger partial charge in [0, 0.05) is 0 Å². The maximum atomic E-state index is 11.5. The molecule has 1 aliphatic rings. The van der Waals surface area contributed by atoms with Gasteiger partial charge in [-0.2, -0.15) is 0 Å². The molecule has 0 aromatic heterocycles. The lowest BCUT2D eigenvalue weighted by Gasteiger charge is -2.38. The van der Waals surface area contributed by atoms with E-state index in [1.54, 1.807) is 0 Å². The van der Waals surface area contributed by atoms with Gasteiger partial charge in [0.25, 0.3) is 0 Å². The summed E-state index contributed by atoms with van der Waals surface area (Å²) in [6, 6.07) is 0. The van der Waals surface area contributed by atoms with Crippen LogP contribution in [-0.4, -0.2) is 9.79 Å². The number of rotatable bonds is 14. The Labute approximate surface area is 215 Å². The lowest BCUT2D eigenvalue weighted by Crippen LogP contribution is -2.27. The van der Waals surface area contributed by atoms with E-state index in [1.807, 2.05) is 13.8 Å². The minimum Gasteiger partial charge on any atom is -0.404 e. The summed E-state index contributed by atoms with van der Waals surface area (Å²) in [4.78, 5) is 18.7. The van der Waals surface area contributed by atoms with Crippen LogP contribution in [0.3, 0.4) is 0 Å². The highest BCUT2D eigenvalue weighted by atomic mass is 31.2. The van der Waals surface area contributed by atoms with Crippen molar-refractivity contribution in [1.29, 1.82) is 0 Å². The fourth-order valence-electron chi connectivity index (χ4n) is 6.11. The highest BCUT2D eigenvalue weighted by Crippen LogP contribution is 2.48. The number of hydrogen-bond donors (Lipinski definition) is 2. The molecule has 0 radical (unpaired) electrons. The highest BCUT2D eigenvalue weighted by Gasteiger charge is 2.33. The summed E-state index contributed by atoms with van der Waals surface area (Å²) in [6.07, 6.45) is 15.2. The molecular formula is C30H53O4P. The van der Waals surface area contributed by atoms with E-state index in [4.69, 9.17) is 4.52 Å². The van der Waals surface area contributed by atoms with E-state index in [0.717, 1.165) is 53.7 Å². The summed E-state index contributed by atoms with van der Waals surface area (Å²) in [5, 5.41) is 0. The van der Waals surface area contributed by atoms with Gasteiger partial charge in [-0.3, -0.25) is 9.79 Å². The van der Waals surface area contributed by atoms with Gasteiger partial charge in [0.05, 0.1) is 0 Å². The average molecular weight is 509 g/mol. The first kappa shape index (κ1) is 30.4. The van der Waals surface area contributed by atoms with Gasteiger partial charge in [-0.05, 0) is 97.4 Å². The van der Waals surface area contributed by atoms with Gasteiger partial charge >= 0.3 is 7.82 Å². The van der Waals surface area contributed by atoms with Crippen molar-refractivity contribution in [2.24, 2.45) is 23.2 Å². The first-order valence-corrected chi connectivity index (χ1v) is 15.6. The number of benzene rings is 1. The molecule has 202 valence electrons. The fraction of sp³-hybridized carbons (Fsp3) is 0.800. The summed E-state index contributed by atoms with van der Waals surface area (Å²) < 4.78 is 16.6. The first-order chi connectivity index (χ1) is 16.2. The van der Waals surface area contributed by atoms with Crippen molar-refractivity contribution in [2.75, 3.05) is 0 Å². The molecule has 3 atom stereocenters. The second-order valence-electron chi connectivity index (χ2n) is 12.6. The van der Waals surface area contributed by atoms with E-state index < -0.39 is 7.82 Å². The molecule has 0 amide bonds. The summed E-state index contributed by atoms with van der Waals surface area (Å²) in [7, 11) is -4.57. The van der Waals surface area contributed by atoms with Crippen molar-refractivity contribution in [3.63, 3.8) is 0 Å². The van der Waals surface area contributed by atoms with Crippen molar-refractivity contribution in [1.82, 2.24) is 0 Å². The number of hydrogen-bond acceptors (Lipinski definition) is 2. The molecule has 1 aromatic rings. The molecule has 5 heteroatoms. The van der Waals surface area contributed by atoms with Gasteiger partial charge in [0.15, 0.2) is 0 Å². The van der Waals surface area contributed by atoms with E-state index in [2.05, 4.69) is 41.5 Å². The average Bonchev–Trinajstić information content (AvgIpc) is 2.74. The second kappa shape index (κ2) is 13.1. The molecule has 0 aliphatic heterocycles. The van der Waals surface area contributed by atoms with Crippen molar-refractivity contribution in [2.45, 2.75) is 132 Å². The quantitative estimate of drug-likeness (QED) is 0.246. The minimum absolute atomic E-state index is 0.299. The summed E-state index contributed by atoms with van der Waals surface area (Å²) in [5.74, 6) is 2.88. The van der Waals surface area contributed by atoms with Gasteiger partial charge in [-0.1, -0.05) is 86.0 Å². The summed E-state index contributed by atoms with van der Waals surface area (Å²) in [5.41, 5.74) is 5.82. The van der Waals surface area contributed by atoms with E-state index in [9.17, 15) is 14.4 Å². The number of fused-ring (bicyclic) bond motifs is 1. The van der Waals surface area contributed by atoms with Gasteiger partial charge in [0.1, 0.15) is 5.75 Å². The normalized spacial score (nSPS) is 20.1. The van der Waals surface area contributed by atoms with Crippen LogP contribution in [0, 0.1) is 43.9 Å². The van der Waals surface area contributed by atoms with Crippen molar-refractivity contribution >= 4 is 7.82 Å². The van der Waals surface area contributed by atoms with Crippen LogP contribution in [0.5, 0.6) is 5.75 Å². The zero-order valence-corrected chi connectivity index (χ0v) is 24.8. The lowest BCUT2D eigenvalue weighted by atomic mass is 9.68. The topological polar surface area (TPSA) is 66.8 Å². The molecule has 0 fully saturated rings. The molecule has 1 aliphatic carbocycles. The fourth-order valence-corrected chi connectivity index (χ4v) is 6.62. The lowest BCUT2D eigenvalue weighted by molar-refractivity contribution is 0.237. The Bertz CT molecular complexity index is 872. The van der Waals surface area contributed by atoms with Crippen LogP contribution in [0.4, 0.5) is 0 Å². The summed E-state index contributed by atoms with van der Waals surface area (Å²) in [6.45, 7) is 17.9. The van der Waals surface area contributed by atoms with Crippen LogP contribution < -0.4 is 4.52 Å². The monoisotopic (exact) mass is 508 g/mol. The maximum Gasteiger partial charge on any atom is 0.524 e. The molecule has 0 spiro atoms. The zero-order chi connectivity index (χ0) is 26.4. The minimum atomic E-state index is -4.57. The van der Waals surface area contributed by atoms with Crippen LogP contribution in [0.2, 0.25) is 0 Å². The smallest absolute Gasteiger partial charge is 0.404 e. The summed E-state index contributed by atoms with van der Waals surface area (Å²) >= 11 is 0. The Morgan fingerprint density at radius 3 is 1.91 bits per heavy atom. The van der Waals surface area contributed by atoms with Gasteiger partial charge in [-0.15, -0.1) is 0 Å². The molecule has 0 saturated heterocycles. The molecule has 2 rings (SSSR count). The molecule has 35 heavy (non-hydrogen) atoms. The van der Waals surface area contributed by atoms with Crippen LogP contribution in [-0.2, 0) is 17.4 Å². The predicted molar refractivity (Wildman–Crippen MR) is 148 cm³/mol. The van der Waals surface area contributed by atoms with Gasteiger partial charge in [-0.25, -0.2) is 4.57 Å². The molecule has 0 heterocycles. The third kappa shape index (κ3) is 9.52. The number of phosphoric acid groups is 1. The molecule has 4 nitrogen and oxygen atoms in total. The second-order valence-corrected chi connectivity index (χ2v) is 13.8. The van der Waals surface area contributed by atoms with Crippen LogP contribution >= 0.6 is 7.82 Å². The van der Waals surface area contributed by atoms with Crippen molar-refractivity contribution in [3.8, 4) is 5.75 Å². The molecule has 3 unspecified atom stereocenters. The Morgan fingerprint density at radius 1 is 0.829 bits per heavy atom. The SMILES string of the molecule is Cc1c(C)c(OP(=O)(O)O)c(C)c2c1CC(C)(CCCC(C)CCCC(C)CCCC(C)C)CC2. The van der Waals surface area contributed by atoms with Crippen LogP contribution in [0.25, 0.3) is 0 Å². The van der Waals surface area contributed by atoms with Crippen LogP contribution in [0.15, 0.2) is 0 Å². The van der Waals surface area contributed by atoms with E-state index in [-0.39, 0.29) is 0 Å². The zero-order valence-electron chi connectivity index (χ0n) is 23.9. The van der Waals surface area contributed by atoms with Crippen molar-refractivity contribution in [3.05, 3.63) is 27.8 Å². The van der Waals surface area contributed by atoms with E-state index in [0.29, 0.717) is 11.2 Å². The Balaban J connectivity index is 1.85. The van der Waals surface area contributed by atoms with E-state index >= 15 is 0 Å². The maximum absolute atomic E-state index is 11.5. The van der Waals surface area contributed by atoms with Crippen molar-refractivity contribution < 1.29 is 18.9 Å². The van der Waals surface area contributed by atoms with E-state index in [1.165, 1.54) is 68.9 Å². The largest absolute Gasteiger partial charge is 0.524 e. The predicted octanol–water partition coefficient (Wildman–Crippen LogP) is 9.02. The Kier molecular flexibility index (Phi) is 11.4. The molecule has 0 bridgehead atoms. The molecule has 0 saturated carbocycles. The highest BCUT2D eigenvalue weighted by molar-refractivity contribution is 7.46. The third-order valence-electron chi connectivity index (χ3n) is 8.66.